The highest BCUT2D eigenvalue weighted by molar-refractivity contribution is 5.94. The second-order valence-electron chi connectivity index (χ2n) is 5.93. The fourth-order valence-electron chi connectivity index (χ4n) is 2.77. The molecule has 1 heterocycles. The van der Waals surface area contributed by atoms with E-state index in [9.17, 15) is 4.79 Å². The first-order valence-electron chi connectivity index (χ1n) is 7.80. The largest absolute Gasteiger partial charge is 0.497 e. The average molecular weight is 290 g/mol. The number of nitrogens with one attached hydrogen (secondary N) is 1. The number of piperidine rings is 1. The summed E-state index contributed by atoms with van der Waals surface area (Å²) in [4.78, 5) is 14.7. The molecule has 1 aliphatic rings. The molecule has 0 bridgehead atoms. The van der Waals surface area contributed by atoms with Gasteiger partial charge in [-0.25, -0.2) is 0 Å². The van der Waals surface area contributed by atoms with Crippen molar-refractivity contribution in [2.45, 2.75) is 45.2 Å². The number of nitrogens with zero attached hydrogens (tertiary/aromatic N) is 1. The minimum atomic E-state index is 0.0799. The van der Waals surface area contributed by atoms with Crippen LogP contribution in [0.1, 0.15) is 43.5 Å². The first kappa shape index (κ1) is 15.8. The van der Waals surface area contributed by atoms with Crippen LogP contribution in [0.3, 0.4) is 0 Å². The molecule has 2 rings (SSSR count). The number of carbonyl (C=O) groups excluding carboxylic acids is 1. The molecule has 1 aliphatic heterocycles. The molecule has 1 aromatic rings. The summed E-state index contributed by atoms with van der Waals surface area (Å²) >= 11 is 0. The van der Waals surface area contributed by atoms with E-state index in [2.05, 4.69) is 19.2 Å². The number of carbonyl (C=O) groups is 1. The van der Waals surface area contributed by atoms with Crippen LogP contribution in [0.2, 0.25) is 0 Å². The summed E-state index contributed by atoms with van der Waals surface area (Å²) in [5.41, 5.74) is 0.693. The van der Waals surface area contributed by atoms with E-state index >= 15 is 0 Å². The highest BCUT2D eigenvalue weighted by atomic mass is 16.5. The molecule has 1 unspecified atom stereocenters. The van der Waals surface area contributed by atoms with Gasteiger partial charge in [0.05, 0.1) is 7.11 Å². The van der Waals surface area contributed by atoms with Crippen LogP contribution in [0, 0.1) is 0 Å². The van der Waals surface area contributed by atoms with E-state index in [-0.39, 0.29) is 11.9 Å². The summed E-state index contributed by atoms with van der Waals surface area (Å²) in [5.74, 6) is 0.802. The van der Waals surface area contributed by atoms with Gasteiger partial charge in [-0.05, 0) is 51.4 Å². The first-order valence-corrected chi connectivity index (χ1v) is 7.80. The van der Waals surface area contributed by atoms with Gasteiger partial charge in [-0.15, -0.1) is 0 Å². The Kier molecular flexibility index (Phi) is 5.62. The van der Waals surface area contributed by atoms with Gasteiger partial charge >= 0.3 is 0 Å². The van der Waals surface area contributed by atoms with Crippen molar-refractivity contribution in [2.75, 3.05) is 20.2 Å². The van der Waals surface area contributed by atoms with Crippen molar-refractivity contribution in [3.8, 4) is 5.75 Å². The van der Waals surface area contributed by atoms with Crippen LogP contribution in [0.25, 0.3) is 0 Å². The van der Waals surface area contributed by atoms with E-state index in [4.69, 9.17) is 4.74 Å². The van der Waals surface area contributed by atoms with Crippen LogP contribution in [0.15, 0.2) is 24.3 Å². The third kappa shape index (κ3) is 4.21. The van der Waals surface area contributed by atoms with E-state index in [0.29, 0.717) is 11.6 Å². The van der Waals surface area contributed by atoms with Gasteiger partial charge in [-0.2, -0.15) is 0 Å². The smallest absolute Gasteiger partial charge is 0.254 e. The monoisotopic (exact) mass is 290 g/mol. The first-order chi connectivity index (χ1) is 10.1. The van der Waals surface area contributed by atoms with Crippen molar-refractivity contribution in [3.63, 3.8) is 0 Å². The van der Waals surface area contributed by atoms with E-state index in [0.717, 1.165) is 25.3 Å². The van der Waals surface area contributed by atoms with Gasteiger partial charge in [0, 0.05) is 24.2 Å². The van der Waals surface area contributed by atoms with Gasteiger partial charge in [0.25, 0.3) is 5.91 Å². The molecule has 21 heavy (non-hydrogen) atoms. The maximum Gasteiger partial charge on any atom is 0.254 e. The normalized spacial score (nSPS) is 18.6. The Morgan fingerprint density at radius 1 is 1.43 bits per heavy atom. The van der Waals surface area contributed by atoms with Crippen molar-refractivity contribution in [2.24, 2.45) is 0 Å². The predicted molar refractivity (Wildman–Crippen MR) is 84.8 cm³/mol. The zero-order valence-electron chi connectivity index (χ0n) is 13.3. The van der Waals surface area contributed by atoms with E-state index < -0.39 is 0 Å². The maximum absolute atomic E-state index is 12.8. The topological polar surface area (TPSA) is 41.6 Å². The predicted octanol–water partition coefficient (Wildman–Crippen LogP) is 2.69. The van der Waals surface area contributed by atoms with Crippen LogP contribution in [-0.2, 0) is 0 Å². The molecule has 1 atom stereocenters. The molecule has 116 valence electrons. The third-order valence-corrected chi connectivity index (χ3v) is 4.03. The molecule has 4 nitrogen and oxygen atoms in total. The number of rotatable bonds is 5. The molecule has 0 aromatic heterocycles. The SMILES string of the molecule is COc1cccc(C(=O)N(CC2CCCCN2)C(C)C)c1. The Labute approximate surface area is 127 Å². The van der Waals surface area contributed by atoms with Crippen molar-refractivity contribution in [1.82, 2.24) is 10.2 Å². The standard InChI is InChI=1S/C17H26N2O2/c1-13(2)19(12-15-8-4-5-10-18-15)17(20)14-7-6-9-16(11-14)21-3/h6-7,9,11,13,15,18H,4-5,8,10,12H2,1-3H3. The summed E-state index contributed by atoms with van der Waals surface area (Å²) in [6, 6.07) is 7.99. The van der Waals surface area contributed by atoms with Gasteiger partial charge in [0.15, 0.2) is 0 Å². The van der Waals surface area contributed by atoms with Crippen molar-refractivity contribution < 1.29 is 9.53 Å². The summed E-state index contributed by atoms with van der Waals surface area (Å²) < 4.78 is 5.21. The average Bonchev–Trinajstić information content (AvgIpc) is 2.52. The lowest BCUT2D eigenvalue weighted by atomic mass is 10.0. The van der Waals surface area contributed by atoms with E-state index in [1.54, 1.807) is 7.11 Å². The van der Waals surface area contributed by atoms with E-state index in [1.165, 1.54) is 12.8 Å². The summed E-state index contributed by atoms with van der Waals surface area (Å²) in [5, 5.41) is 3.51. The van der Waals surface area contributed by atoms with Gasteiger partial charge in [-0.3, -0.25) is 4.79 Å². The molecule has 0 spiro atoms. The van der Waals surface area contributed by atoms with Crippen molar-refractivity contribution in [3.05, 3.63) is 29.8 Å². The zero-order valence-corrected chi connectivity index (χ0v) is 13.3. The highest BCUT2D eigenvalue weighted by Crippen LogP contribution is 2.17. The lowest BCUT2D eigenvalue weighted by Gasteiger charge is -2.33. The van der Waals surface area contributed by atoms with Gasteiger partial charge in [0.2, 0.25) is 0 Å². The third-order valence-electron chi connectivity index (χ3n) is 4.03. The van der Waals surface area contributed by atoms with Crippen LogP contribution in [-0.4, -0.2) is 43.1 Å². The Balaban J connectivity index is 2.10. The maximum atomic E-state index is 12.8. The Morgan fingerprint density at radius 3 is 2.86 bits per heavy atom. The lowest BCUT2D eigenvalue weighted by Crippen LogP contribution is -2.48. The molecular weight excluding hydrogens is 264 g/mol. The van der Waals surface area contributed by atoms with Crippen LogP contribution in [0.5, 0.6) is 5.75 Å². The Bertz CT molecular complexity index is 468. The minimum absolute atomic E-state index is 0.0799. The van der Waals surface area contributed by atoms with Gasteiger partial charge in [0.1, 0.15) is 5.75 Å². The van der Waals surface area contributed by atoms with Crippen LogP contribution < -0.4 is 10.1 Å². The van der Waals surface area contributed by atoms with Crippen LogP contribution >= 0.6 is 0 Å². The molecule has 1 saturated heterocycles. The van der Waals surface area contributed by atoms with Crippen molar-refractivity contribution >= 4 is 5.91 Å². The van der Waals surface area contributed by atoms with Gasteiger partial charge < -0.3 is 15.0 Å². The number of ether oxygens (including phenoxy) is 1. The summed E-state index contributed by atoms with van der Waals surface area (Å²) in [6.45, 7) is 5.97. The zero-order chi connectivity index (χ0) is 15.2. The molecule has 0 aliphatic carbocycles. The second-order valence-corrected chi connectivity index (χ2v) is 5.93. The molecule has 1 fully saturated rings. The molecule has 1 aromatic carbocycles. The fraction of sp³-hybridized carbons (Fsp3) is 0.588. The molecular formula is C17H26N2O2. The Morgan fingerprint density at radius 2 is 2.24 bits per heavy atom. The minimum Gasteiger partial charge on any atom is -0.497 e. The number of hydrogen-bond acceptors (Lipinski definition) is 3. The molecule has 1 N–H and O–H groups in total. The lowest BCUT2D eigenvalue weighted by molar-refractivity contribution is 0.0676. The van der Waals surface area contributed by atoms with Gasteiger partial charge in [-0.1, -0.05) is 12.5 Å². The highest BCUT2D eigenvalue weighted by Gasteiger charge is 2.23. The number of benzene rings is 1. The molecule has 0 saturated carbocycles. The Hall–Kier alpha value is -1.55. The molecule has 4 heteroatoms. The van der Waals surface area contributed by atoms with Crippen LogP contribution in [0.4, 0.5) is 0 Å². The summed E-state index contributed by atoms with van der Waals surface area (Å²) in [7, 11) is 1.62. The number of amides is 1. The molecule has 1 amide bonds. The molecule has 0 radical (unpaired) electrons. The summed E-state index contributed by atoms with van der Waals surface area (Å²) in [6.07, 6.45) is 3.63. The number of hydrogen-bond donors (Lipinski definition) is 1. The van der Waals surface area contributed by atoms with Crippen molar-refractivity contribution in [1.29, 1.82) is 0 Å². The number of methoxy groups -OCH3 is 1. The second kappa shape index (κ2) is 7.46. The van der Waals surface area contributed by atoms with E-state index in [1.807, 2.05) is 29.2 Å². The fourth-order valence-corrected chi connectivity index (χ4v) is 2.77. The quantitative estimate of drug-likeness (QED) is 0.906.